The smallest absolute Gasteiger partial charge is 0.134 e. The summed E-state index contributed by atoms with van der Waals surface area (Å²) in [4.78, 5) is 9.11. The van der Waals surface area contributed by atoms with Crippen LogP contribution in [-0.4, -0.2) is 36.8 Å². The fraction of sp³-hybridized carbons (Fsp3) is 0.692. The van der Waals surface area contributed by atoms with Gasteiger partial charge in [-0.25, -0.2) is 9.97 Å². The maximum Gasteiger partial charge on any atom is 0.134 e. The molecular formula is C13H24N4O. The van der Waals surface area contributed by atoms with Crippen molar-refractivity contribution in [3.8, 4) is 0 Å². The molecule has 0 saturated carbocycles. The Morgan fingerprint density at radius 3 is 2.33 bits per heavy atom. The highest BCUT2D eigenvalue weighted by Crippen LogP contribution is 2.20. The van der Waals surface area contributed by atoms with Crippen molar-refractivity contribution in [2.24, 2.45) is 0 Å². The third-order valence-corrected chi connectivity index (χ3v) is 2.61. The van der Waals surface area contributed by atoms with Crippen molar-refractivity contribution in [1.29, 1.82) is 0 Å². The van der Waals surface area contributed by atoms with Crippen LogP contribution in [0.1, 0.15) is 31.7 Å². The minimum Gasteiger partial charge on any atom is -0.383 e. The maximum absolute atomic E-state index is 5.04. The largest absolute Gasteiger partial charge is 0.383 e. The second-order valence-corrected chi connectivity index (χ2v) is 4.16. The first kappa shape index (κ1) is 14.7. The Labute approximate surface area is 109 Å². The molecule has 0 saturated heterocycles. The van der Waals surface area contributed by atoms with Crippen LogP contribution < -0.4 is 10.6 Å². The van der Waals surface area contributed by atoms with Crippen molar-refractivity contribution in [2.75, 3.05) is 37.4 Å². The van der Waals surface area contributed by atoms with Crippen LogP contribution in [0.3, 0.4) is 0 Å². The molecule has 0 amide bonds. The molecule has 0 aliphatic carbocycles. The van der Waals surface area contributed by atoms with E-state index in [9.17, 15) is 0 Å². The van der Waals surface area contributed by atoms with Gasteiger partial charge in [-0.15, -0.1) is 0 Å². The number of rotatable bonds is 8. The molecule has 0 spiro atoms. The van der Waals surface area contributed by atoms with E-state index in [2.05, 4.69) is 34.4 Å². The molecule has 5 nitrogen and oxygen atoms in total. The molecule has 0 aromatic carbocycles. The highest BCUT2D eigenvalue weighted by Gasteiger charge is 2.09. The first-order valence-corrected chi connectivity index (χ1v) is 6.57. The predicted molar refractivity (Wildman–Crippen MR) is 75.3 cm³/mol. The van der Waals surface area contributed by atoms with Gasteiger partial charge in [0.2, 0.25) is 0 Å². The molecule has 0 atom stereocenters. The molecule has 0 fully saturated rings. The molecule has 0 aliphatic rings. The zero-order chi connectivity index (χ0) is 13.4. The number of aromatic nitrogens is 2. The van der Waals surface area contributed by atoms with Gasteiger partial charge < -0.3 is 15.4 Å². The van der Waals surface area contributed by atoms with E-state index in [1.807, 2.05) is 6.92 Å². The number of methoxy groups -OCH3 is 1. The van der Waals surface area contributed by atoms with E-state index in [1.54, 1.807) is 7.11 Å². The summed E-state index contributed by atoms with van der Waals surface area (Å²) >= 11 is 0. The Bertz CT molecular complexity index is 368. The van der Waals surface area contributed by atoms with Crippen LogP contribution in [0.25, 0.3) is 0 Å². The quantitative estimate of drug-likeness (QED) is 0.695. The lowest BCUT2D eigenvalue weighted by molar-refractivity contribution is 0.210. The average Bonchev–Trinajstić information content (AvgIpc) is 2.35. The molecule has 1 heterocycles. The molecule has 2 N–H and O–H groups in total. The Balaban J connectivity index is 2.90. The molecule has 1 rings (SSSR count). The fourth-order valence-electron chi connectivity index (χ4n) is 1.68. The summed E-state index contributed by atoms with van der Waals surface area (Å²) in [5, 5.41) is 6.58. The van der Waals surface area contributed by atoms with Crippen molar-refractivity contribution < 1.29 is 4.74 Å². The normalized spacial score (nSPS) is 10.4. The SMILES string of the molecule is CCCc1nc(NCC)c(C)c(NCCOC)n1. The second kappa shape index (κ2) is 7.87. The Kier molecular flexibility index (Phi) is 6.43. The summed E-state index contributed by atoms with van der Waals surface area (Å²) in [6, 6.07) is 0. The summed E-state index contributed by atoms with van der Waals surface area (Å²) in [5.41, 5.74) is 1.06. The molecule has 102 valence electrons. The van der Waals surface area contributed by atoms with Gasteiger partial charge >= 0.3 is 0 Å². The lowest BCUT2D eigenvalue weighted by Gasteiger charge is -2.14. The third-order valence-electron chi connectivity index (χ3n) is 2.61. The topological polar surface area (TPSA) is 59.1 Å². The van der Waals surface area contributed by atoms with E-state index in [0.29, 0.717) is 6.61 Å². The van der Waals surface area contributed by atoms with Crippen LogP contribution in [0.4, 0.5) is 11.6 Å². The maximum atomic E-state index is 5.04. The number of nitrogens with one attached hydrogen (secondary N) is 2. The lowest BCUT2D eigenvalue weighted by Crippen LogP contribution is -2.14. The van der Waals surface area contributed by atoms with Crippen LogP contribution in [0.5, 0.6) is 0 Å². The molecular weight excluding hydrogens is 228 g/mol. The number of hydrogen-bond donors (Lipinski definition) is 2. The first-order chi connectivity index (χ1) is 8.72. The number of aryl methyl sites for hydroxylation is 1. The molecule has 0 radical (unpaired) electrons. The zero-order valence-corrected chi connectivity index (χ0v) is 11.8. The summed E-state index contributed by atoms with van der Waals surface area (Å²) in [5.74, 6) is 2.72. The minimum atomic E-state index is 0.670. The fourth-order valence-corrected chi connectivity index (χ4v) is 1.68. The summed E-state index contributed by atoms with van der Waals surface area (Å²) in [6.07, 6.45) is 1.95. The number of nitrogens with zero attached hydrogens (tertiary/aromatic N) is 2. The van der Waals surface area contributed by atoms with Crippen molar-refractivity contribution in [3.05, 3.63) is 11.4 Å². The van der Waals surface area contributed by atoms with Gasteiger partial charge in [0, 0.05) is 32.2 Å². The van der Waals surface area contributed by atoms with Gasteiger partial charge in [-0.3, -0.25) is 0 Å². The van der Waals surface area contributed by atoms with Gasteiger partial charge in [0.25, 0.3) is 0 Å². The van der Waals surface area contributed by atoms with E-state index in [4.69, 9.17) is 4.74 Å². The van der Waals surface area contributed by atoms with E-state index >= 15 is 0 Å². The Hall–Kier alpha value is -1.36. The van der Waals surface area contributed by atoms with Crippen molar-refractivity contribution >= 4 is 11.6 Å². The standard InChI is InChI=1S/C13H24N4O/c1-5-7-11-16-12(14-6-2)10(3)13(17-11)15-8-9-18-4/h5-9H2,1-4H3,(H2,14,15,16,17). The summed E-state index contributed by atoms with van der Waals surface area (Å²) in [7, 11) is 1.70. The highest BCUT2D eigenvalue weighted by atomic mass is 16.5. The molecule has 0 aliphatic heterocycles. The number of ether oxygens (including phenoxy) is 1. The molecule has 1 aromatic rings. The van der Waals surface area contributed by atoms with Gasteiger partial charge in [0.05, 0.1) is 6.61 Å². The monoisotopic (exact) mass is 252 g/mol. The van der Waals surface area contributed by atoms with Crippen molar-refractivity contribution in [2.45, 2.75) is 33.6 Å². The highest BCUT2D eigenvalue weighted by molar-refractivity contribution is 5.57. The van der Waals surface area contributed by atoms with Gasteiger partial charge in [-0.2, -0.15) is 0 Å². The van der Waals surface area contributed by atoms with Crippen molar-refractivity contribution in [3.63, 3.8) is 0 Å². The Morgan fingerprint density at radius 1 is 1.11 bits per heavy atom. The molecule has 18 heavy (non-hydrogen) atoms. The van der Waals surface area contributed by atoms with Crippen LogP contribution in [0, 0.1) is 6.92 Å². The van der Waals surface area contributed by atoms with E-state index in [-0.39, 0.29) is 0 Å². The summed E-state index contributed by atoms with van der Waals surface area (Å²) in [6.45, 7) is 8.52. The molecule has 0 unspecified atom stereocenters. The number of anilines is 2. The van der Waals surface area contributed by atoms with Crippen LogP contribution in [-0.2, 0) is 11.2 Å². The third kappa shape index (κ3) is 4.14. The zero-order valence-electron chi connectivity index (χ0n) is 11.8. The summed E-state index contributed by atoms with van der Waals surface area (Å²) < 4.78 is 5.04. The molecule has 1 aromatic heterocycles. The van der Waals surface area contributed by atoms with Gasteiger partial charge in [-0.1, -0.05) is 6.92 Å². The van der Waals surface area contributed by atoms with E-state index in [0.717, 1.165) is 49.0 Å². The molecule has 0 bridgehead atoms. The van der Waals surface area contributed by atoms with Crippen molar-refractivity contribution in [1.82, 2.24) is 9.97 Å². The van der Waals surface area contributed by atoms with Gasteiger partial charge in [0.1, 0.15) is 17.5 Å². The van der Waals surface area contributed by atoms with Crippen LogP contribution in [0.15, 0.2) is 0 Å². The van der Waals surface area contributed by atoms with Crippen LogP contribution >= 0.6 is 0 Å². The Morgan fingerprint density at radius 2 is 1.78 bits per heavy atom. The van der Waals surface area contributed by atoms with E-state index in [1.165, 1.54) is 0 Å². The minimum absolute atomic E-state index is 0.670. The van der Waals surface area contributed by atoms with E-state index < -0.39 is 0 Å². The second-order valence-electron chi connectivity index (χ2n) is 4.16. The average molecular weight is 252 g/mol. The van der Waals surface area contributed by atoms with Gasteiger partial charge in [-0.05, 0) is 20.3 Å². The van der Waals surface area contributed by atoms with Gasteiger partial charge in [0.15, 0.2) is 0 Å². The number of hydrogen-bond acceptors (Lipinski definition) is 5. The lowest BCUT2D eigenvalue weighted by atomic mass is 10.2. The van der Waals surface area contributed by atoms with Crippen LogP contribution in [0.2, 0.25) is 0 Å². The molecule has 5 heteroatoms. The first-order valence-electron chi connectivity index (χ1n) is 6.57. The predicted octanol–water partition coefficient (Wildman–Crippen LogP) is 2.23.